The highest BCUT2D eigenvalue weighted by Crippen LogP contribution is 2.55. The Morgan fingerprint density at radius 2 is 1.96 bits per heavy atom. The third-order valence-electron chi connectivity index (χ3n) is 5.74. The number of nitro groups is 1. The molecule has 0 aromatic carbocycles. The lowest BCUT2D eigenvalue weighted by Gasteiger charge is -2.61. The van der Waals surface area contributed by atoms with Crippen molar-refractivity contribution >= 4 is 5.69 Å². The molecule has 150 valence electrons. The molecule has 1 saturated carbocycles. The zero-order valence-corrected chi connectivity index (χ0v) is 14.7. The molecule has 0 radical (unpaired) electrons. The molecule has 1 aromatic rings. The van der Waals surface area contributed by atoms with Crippen LogP contribution in [-0.4, -0.2) is 64.7 Å². The molecular weight excluding hydrogens is 369 g/mol. The summed E-state index contributed by atoms with van der Waals surface area (Å²) in [6, 6.07) is 0.528. The number of aromatic nitrogens is 2. The Hall–Kier alpha value is -1.88. The number of alkyl halides is 3. The van der Waals surface area contributed by atoms with Crippen molar-refractivity contribution in [2.45, 2.75) is 43.9 Å². The molecule has 8 nitrogen and oxygen atoms in total. The van der Waals surface area contributed by atoms with Crippen molar-refractivity contribution in [3.05, 3.63) is 16.3 Å². The van der Waals surface area contributed by atoms with E-state index in [0.717, 1.165) is 52.0 Å². The Morgan fingerprint density at radius 3 is 2.56 bits per heavy atom. The third-order valence-corrected chi connectivity index (χ3v) is 5.74. The average Bonchev–Trinajstić information content (AvgIpc) is 2.95. The van der Waals surface area contributed by atoms with E-state index in [2.05, 4.69) is 14.7 Å². The summed E-state index contributed by atoms with van der Waals surface area (Å²) < 4.78 is 48.3. The molecule has 3 heterocycles. The van der Waals surface area contributed by atoms with E-state index in [1.807, 2.05) is 0 Å². The molecule has 1 aliphatic carbocycles. The standard InChI is InChI=1S/C16H21F3N4O4/c17-16(18,19)10-27-14-13(23(24)25)7-22(20-14)12-5-15(6-12)8-21(9-15)11-1-3-26-4-2-11/h7,11-12H,1-6,8-10H2. The summed E-state index contributed by atoms with van der Waals surface area (Å²) >= 11 is 0. The van der Waals surface area contributed by atoms with Gasteiger partial charge in [-0.2, -0.15) is 13.2 Å². The number of hydrogen-bond donors (Lipinski definition) is 0. The predicted octanol–water partition coefficient (Wildman–Crippen LogP) is 2.55. The minimum atomic E-state index is -4.57. The minimum Gasteiger partial charge on any atom is -0.462 e. The Kier molecular flexibility index (Phi) is 4.53. The summed E-state index contributed by atoms with van der Waals surface area (Å²) in [5.74, 6) is -0.573. The smallest absolute Gasteiger partial charge is 0.422 e. The molecule has 1 spiro atoms. The summed E-state index contributed by atoms with van der Waals surface area (Å²) in [6.45, 7) is 1.99. The molecule has 4 rings (SSSR count). The summed E-state index contributed by atoms with van der Waals surface area (Å²) in [5.41, 5.74) is -0.325. The van der Waals surface area contributed by atoms with Crippen LogP contribution in [0.25, 0.3) is 0 Å². The minimum absolute atomic E-state index is 0.0382. The van der Waals surface area contributed by atoms with Gasteiger partial charge in [0.15, 0.2) is 6.61 Å². The molecule has 0 amide bonds. The van der Waals surface area contributed by atoms with Gasteiger partial charge in [0.25, 0.3) is 0 Å². The van der Waals surface area contributed by atoms with Gasteiger partial charge in [0.2, 0.25) is 0 Å². The summed E-state index contributed by atoms with van der Waals surface area (Å²) in [6.07, 6.45) is 0.347. The van der Waals surface area contributed by atoms with Gasteiger partial charge in [0.05, 0.1) is 11.0 Å². The van der Waals surface area contributed by atoms with E-state index in [1.54, 1.807) is 0 Å². The van der Waals surface area contributed by atoms with Gasteiger partial charge in [0.1, 0.15) is 6.20 Å². The molecule has 27 heavy (non-hydrogen) atoms. The molecule has 2 aliphatic heterocycles. The van der Waals surface area contributed by atoms with E-state index < -0.39 is 29.3 Å². The van der Waals surface area contributed by atoms with Crippen molar-refractivity contribution in [1.82, 2.24) is 14.7 Å². The van der Waals surface area contributed by atoms with Crippen LogP contribution in [0, 0.1) is 15.5 Å². The van der Waals surface area contributed by atoms with Crippen LogP contribution in [0.1, 0.15) is 31.7 Å². The second-order valence-corrected chi connectivity index (χ2v) is 7.77. The second kappa shape index (κ2) is 6.62. The van der Waals surface area contributed by atoms with E-state index in [4.69, 9.17) is 4.74 Å². The van der Waals surface area contributed by atoms with E-state index in [0.29, 0.717) is 6.04 Å². The fourth-order valence-corrected chi connectivity index (χ4v) is 4.44. The summed E-state index contributed by atoms with van der Waals surface area (Å²) in [7, 11) is 0. The van der Waals surface area contributed by atoms with Crippen molar-refractivity contribution in [3.63, 3.8) is 0 Å². The zero-order chi connectivity index (χ0) is 19.2. The highest BCUT2D eigenvalue weighted by Gasteiger charge is 2.54. The molecule has 0 unspecified atom stereocenters. The van der Waals surface area contributed by atoms with Gasteiger partial charge in [-0.3, -0.25) is 19.7 Å². The van der Waals surface area contributed by atoms with Gasteiger partial charge >= 0.3 is 17.7 Å². The topological polar surface area (TPSA) is 82.7 Å². The molecule has 11 heteroatoms. The molecule has 2 saturated heterocycles. The Balaban J connectivity index is 1.35. The monoisotopic (exact) mass is 390 g/mol. The summed E-state index contributed by atoms with van der Waals surface area (Å²) in [5, 5.41) is 15.0. The van der Waals surface area contributed by atoms with Crippen LogP contribution in [-0.2, 0) is 4.74 Å². The lowest BCUT2D eigenvalue weighted by Crippen LogP contribution is -2.65. The van der Waals surface area contributed by atoms with Gasteiger partial charge in [-0.05, 0) is 31.1 Å². The van der Waals surface area contributed by atoms with Crippen LogP contribution in [0.3, 0.4) is 0 Å². The molecule has 3 aliphatic rings. The number of nitrogens with zero attached hydrogens (tertiary/aromatic N) is 4. The first-order chi connectivity index (χ1) is 12.7. The number of hydrogen-bond acceptors (Lipinski definition) is 6. The van der Waals surface area contributed by atoms with Gasteiger partial charge in [-0.15, -0.1) is 5.10 Å². The third kappa shape index (κ3) is 3.75. The van der Waals surface area contributed by atoms with E-state index >= 15 is 0 Å². The van der Waals surface area contributed by atoms with Crippen LogP contribution in [0.5, 0.6) is 5.88 Å². The maximum Gasteiger partial charge on any atom is 0.422 e. The molecule has 0 atom stereocenters. The first-order valence-electron chi connectivity index (χ1n) is 9.00. The van der Waals surface area contributed by atoms with Gasteiger partial charge in [0, 0.05) is 32.3 Å². The predicted molar refractivity (Wildman–Crippen MR) is 86.5 cm³/mol. The van der Waals surface area contributed by atoms with E-state index in [-0.39, 0.29) is 11.5 Å². The molecule has 0 bridgehead atoms. The zero-order valence-electron chi connectivity index (χ0n) is 14.7. The second-order valence-electron chi connectivity index (χ2n) is 7.77. The molecule has 0 N–H and O–H groups in total. The largest absolute Gasteiger partial charge is 0.462 e. The highest BCUT2D eigenvalue weighted by molar-refractivity contribution is 5.38. The highest BCUT2D eigenvalue weighted by atomic mass is 19.4. The van der Waals surface area contributed by atoms with E-state index in [1.165, 1.54) is 10.9 Å². The number of ether oxygens (including phenoxy) is 2. The quantitative estimate of drug-likeness (QED) is 0.568. The lowest BCUT2D eigenvalue weighted by atomic mass is 9.60. The van der Waals surface area contributed by atoms with Gasteiger partial charge < -0.3 is 9.47 Å². The maximum absolute atomic E-state index is 12.3. The SMILES string of the molecule is O=[N+]([O-])c1cn(C2CC3(C2)CN(C2CCOCC2)C3)nc1OCC(F)(F)F. The van der Waals surface area contributed by atoms with E-state index in [9.17, 15) is 23.3 Å². The van der Waals surface area contributed by atoms with Crippen LogP contribution >= 0.6 is 0 Å². The Morgan fingerprint density at radius 1 is 1.30 bits per heavy atom. The fraction of sp³-hybridized carbons (Fsp3) is 0.812. The number of halogens is 3. The first kappa shape index (κ1) is 18.5. The Bertz CT molecular complexity index is 703. The fourth-order valence-electron chi connectivity index (χ4n) is 4.44. The van der Waals surface area contributed by atoms with Crippen molar-refractivity contribution in [2.75, 3.05) is 32.9 Å². The van der Waals surface area contributed by atoms with Crippen molar-refractivity contribution in [2.24, 2.45) is 5.41 Å². The molecule has 3 fully saturated rings. The van der Waals surface area contributed by atoms with Crippen molar-refractivity contribution in [1.29, 1.82) is 0 Å². The van der Waals surface area contributed by atoms with Crippen molar-refractivity contribution in [3.8, 4) is 5.88 Å². The van der Waals surface area contributed by atoms with Crippen LogP contribution in [0.15, 0.2) is 6.20 Å². The Labute approximate surface area is 153 Å². The summed E-state index contributed by atoms with van der Waals surface area (Å²) in [4.78, 5) is 12.8. The molecular formula is C16H21F3N4O4. The van der Waals surface area contributed by atoms with Crippen LogP contribution < -0.4 is 4.74 Å². The number of rotatable bonds is 5. The normalized spacial score (nSPS) is 23.8. The van der Waals surface area contributed by atoms with Crippen LogP contribution in [0.4, 0.5) is 18.9 Å². The average molecular weight is 390 g/mol. The molecule has 1 aromatic heterocycles. The number of likely N-dealkylation sites (tertiary alicyclic amines) is 1. The first-order valence-corrected chi connectivity index (χ1v) is 9.00. The van der Waals surface area contributed by atoms with Crippen LogP contribution in [0.2, 0.25) is 0 Å². The maximum atomic E-state index is 12.3. The lowest BCUT2D eigenvalue weighted by molar-refractivity contribution is -0.386. The van der Waals surface area contributed by atoms with Crippen molar-refractivity contribution < 1.29 is 27.6 Å². The van der Waals surface area contributed by atoms with Gasteiger partial charge in [-0.1, -0.05) is 0 Å². The van der Waals surface area contributed by atoms with Gasteiger partial charge in [-0.25, -0.2) is 0 Å².